The summed E-state index contributed by atoms with van der Waals surface area (Å²) in [6.45, 7) is 2.25. The summed E-state index contributed by atoms with van der Waals surface area (Å²) in [6.07, 6.45) is 2.87. The highest BCUT2D eigenvalue weighted by Gasteiger charge is 2.65. The van der Waals surface area contributed by atoms with Crippen LogP contribution in [-0.2, 0) is 19.1 Å². The van der Waals surface area contributed by atoms with Crippen LogP contribution >= 0.6 is 0 Å². The second kappa shape index (κ2) is 5.42. The largest absolute Gasteiger partial charge is 0.550 e. The fraction of sp³-hybridized carbons (Fsp3) is 0.389. The van der Waals surface area contributed by atoms with Gasteiger partial charge in [0, 0.05) is 17.6 Å². The molecule has 0 aromatic heterocycles. The summed E-state index contributed by atoms with van der Waals surface area (Å²) in [7, 11) is 0. The fourth-order valence-corrected chi connectivity index (χ4v) is 3.98. The van der Waals surface area contributed by atoms with Crippen molar-refractivity contribution in [1.82, 2.24) is 0 Å². The molecule has 0 radical (unpaired) electrons. The minimum atomic E-state index is -1.27. The monoisotopic (exact) mass is 342 g/mol. The lowest BCUT2D eigenvalue weighted by molar-refractivity contribution is -0.313. The van der Waals surface area contributed by atoms with Crippen LogP contribution in [0.1, 0.15) is 17.3 Å². The number of aliphatic carboxylic acids is 1. The number of carboxylic acids is 1. The summed E-state index contributed by atoms with van der Waals surface area (Å²) < 4.78 is 10.7. The summed E-state index contributed by atoms with van der Waals surface area (Å²) in [5.41, 5.74) is 0.0615. The van der Waals surface area contributed by atoms with Crippen molar-refractivity contribution in [1.29, 1.82) is 0 Å². The number of hydrogen-bond acceptors (Lipinski definition) is 6. The van der Waals surface area contributed by atoms with Crippen molar-refractivity contribution in [3.05, 3.63) is 42.0 Å². The van der Waals surface area contributed by atoms with Crippen LogP contribution in [0.25, 0.3) is 0 Å². The molecule has 7 heteroatoms. The molecule has 130 valence electrons. The van der Waals surface area contributed by atoms with E-state index in [0.29, 0.717) is 11.3 Å². The van der Waals surface area contributed by atoms with Gasteiger partial charge in [0.1, 0.15) is 5.60 Å². The standard InChI is InChI=1S/C18H17NO6/c1-2-24-17(23)10-3-5-11(6-4-10)19-9-18-8-7-12(25-18)13(16(21)22)14(18)15(19)20/h3-8,12-14H,2,9H2,1H3,(H,21,22)/p-1/t12-,13-,14-,18-/m1/s1. The van der Waals surface area contributed by atoms with Gasteiger partial charge in [-0.05, 0) is 31.2 Å². The first-order valence-corrected chi connectivity index (χ1v) is 8.13. The van der Waals surface area contributed by atoms with E-state index in [9.17, 15) is 19.5 Å². The number of rotatable bonds is 4. The first-order chi connectivity index (χ1) is 12.0. The minimum Gasteiger partial charge on any atom is -0.550 e. The third-order valence-electron chi connectivity index (χ3n) is 5.06. The Balaban J connectivity index is 1.61. The number of carboxylic acid groups (broad SMARTS) is 1. The van der Waals surface area contributed by atoms with Crippen molar-refractivity contribution >= 4 is 23.5 Å². The maximum atomic E-state index is 12.8. The Bertz CT molecular complexity index is 785. The lowest BCUT2D eigenvalue weighted by Gasteiger charge is -2.24. The highest BCUT2D eigenvalue weighted by Crippen LogP contribution is 2.52. The Morgan fingerprint density at radius 3 is 2.72 bits per heavy atom. The van der Waals surface area contributed by atoms with Crippen molar-refractivity contribution in [2.45, 2.75) is 18.6 Å². The summed E-state index contributed by atoms with van der Waals surface area (Å²) in [5, 5.41) is 11.5. The van der Waals surface area contributed by atoms with E-state index in [1.54, 1.807) is 43.3 Å². The average molecular weight is 342 g/mol. The van der Waals surface area contributed by atoms with Crippen LogP contribution in [0.4, 0.5) is 5.69 Å². The fourth-order valence-electron chi connectivity index (χ4n) is 3.98. The molecule has 2 fully saturated rings. The van der Waals surface area contributed by atoms with Gasteiger partial charge in [-0.2, -0.15) is 0 Å². The summed E-state index contributed by atoms with van der Waals surface area (Å²) in [6, 6.07) is 6.45. The Hall–Kier alpha value is -2.67. The second-order valence-electron chi connectivity index (χ2n) is 6.41. The number of anilines is 1. The van der Waals surface area contributed by atoms with E-state index in [1.165, 1.54) is 4.90 Å². The quantitative estimate of drug-likeness (QED) is 0.560. The van der Waals surface area contributed by atoms with Crippen molar-refractivity contribution in [3.63, 3.8) is 0 Å². The zero-order valence-electron chi connectivity index (χ0n) is 13.5. The lowest BCUT2D eigenvalue weighted by atomic mass is 9.77. The minimum absolute atomic E-state index is 0.242. The van der Waals surface area contributed by atoms with Crippen LogP contribution in [-0.4, -0.2) is 42.7 Å². The molecule has 25 heavy (non-hydrogen) atoms. The zero-order chi connectivity index (χ0) is 17.8. The smallest absolute Gasteiger partial charge is 0.338 e. The third kappa shape index (κ3) is 2.19. The predicted molar refractivity (Wildman–Crippen MR) is 83.5 cm³/mol. The average Bonchev–Trinajstić information content (AvgIpc) is 3.23. The normalized spacial score (nSPS) is 32.1. The predicted octanol–water partition coefficient (Wildman–Crippen LogP) is -0.100. The van der Waals surface area contributed by atoms with Gasteiger partial charge < -0.3 is 24.3 Å². The van der Waals surface area contributed by atoms with Gasteiger partial charge in [-0.25, -0.2) is 4.79 Å². The number of carbonyl (C=O) groups is 3. The SMILES string of the molecule is CCOC(=O)c1ccc(N2C[C@@]34C=C[C@@H](O3)[C@@H](C(=O)[O-])[C@@H]4C2=O)cc1. The van der Waals surface area contributed by atoms with Crippen molar-refractivity contribution < 1.29 is 29.0 Å². The molecule has 1 spiro atoms. The molecule has 7 nitrogen and oxygen atoms in total. The van der Waals surface area contributed by atoms with Crippen molar-refractivity contribution in [2.75, 3.05) is 18.1 Å². The molecule has 4 atom stereocenters. The molecule has 3 aliphatic rings. The molecular formula is C18H16NO6-. The zero-order valence-corrected chi connectivity index (χ0v) is 13.5. The Labute approximate surface area is 143 Å². The molecule has 1 aromatic rings. The number of esters is 1. The van der Waals surface area contributed by atoms with Crippen LogP contribution < -0.4 is 10.0 Å². The first-order valence-electron chi connectivity index (χ1n) is 8.13. The van der Waals surface area contributed by atoms with Crippen LogP contribution in [0.2, 0.25) is 0 Å². The van der Waals surface area contributed by atoms with Crippen LogP contribution in [0.3, 0.4) is 0 Å². The van der Waals surface area contributed by atoms with Gasteiger partial charge in [-0.1, -0.05) is 12.2 Å². The molecule has 0 unspecified atom stereocenters. The van der Waals surface area contributed by atoms with Crippen LogP contribution in [0.5, 0.6) is 0 Å². The van der Waals surface area contributed by atoms with Gasteiger partial charge in [-0.15, -0.1) is 0 Å². The molecule has 3 heterocycles. The molecule has 2 bridgehead atoms. The van der Waals surface area contributed by atoms with Crippen molar-refractivity contribution in [2.24, 2.45) is 11.8 Å². The Morgan fingerprint density at radius 1 is 1.36 bits per heavy atom. The van der Waals surface area contributed by atoms with E-state index in [4.69, 9.17) is 9.47 Å². The Kier molecular flexibility index (Phi) is 3.43. The van der Waals surface area contributed by atoms with Gasteiger partial charge in [0.05, 0.1) is 30.7 Å². The molecule has 2 saturated heterocycles. The van der Waals surface area contributed by atoms with E-state index < -0.39 is 35.5 Å². The number of carbonyl (C=O) groups excluding carboxylic acids is 3. The van der Waals surface area contributed by atoms with Gasteiger partial charge in [0.2, 0.25) is 5.91 Å². The number of ether oxygens (including phenoxy) is 2. The van der Waals surface area contributed by atoms with Gasteiger partial charge in [-0.3, -0.25) is 4.79 Å². The van der Waals surface area contributed by atoms with Crippen LogP contribution in [0.15, 0.2) is 36.4 Å². The summed E-state index contributed by atoms with van der Waals surface area (Å²) >= 11 is 0. The molecule has 0 N–H and O–H groups in total. The first kappa shape index (κ1) is 15.8. The molecule has 0 aliphatic carbocycles. The molecule has 4 rings (SSSR count). The number of amides is 1. The van der Waals surface area contributed by atoms with E-state index in [0.717, 1.165) is 0 Å². The highest BCUT2D eigenvalue weighted by atomic mass is 16.5. The molecule has 1 amide bonds. The molecule has 0 saturated carbocycles. The van der Waals surface area contributed by atoms with Gasteiger partial charge >= 0.3 is 5.97 Å². The van der Waals surface area contributed by atoms with E-state index in [2.05, 4.69) is 0 Å². The maximum Gasteiger partial charge on any atom is 0.338 e. The summed E-state index contributed by atoms with van der Waals surface area (Å²) in [5.74, 6) is -3.75. The maximum absolute atomic E-state index is 12.8. The topological polar surface area (TPSA) is 96.0 Å². The third-order valence-corrected chi connectivity index (χ3v) is 5.06. The summed E-state index contributed by atoms with van der Waals surface area (Å²) in [4.78, 5) is 37.5. The van der Waals surface area contributed by atoms with E-state index >= 15 is 0 Å². The number of nitrogens with zero attached hydrogens (tertiary/aromatic N) is 1. The number of hydrogen-bond donors (Lipinski definition) is 0. The molecule has 3 aliphatic heterocycles. The number of benzene rings is 1. The lowest BCUT2D eigenvalue weighted by Crippen LogP contribution is -2.45. The second-order valence-corrected chi connectivity index (χ2v) is 6.41. The molecular weight excluding hydrogens is 326 g/mol. The van der Waals surface area contributed by atoms with Gasteiger partial charge in [0.15, 0.2) is 0 Å². The number of fused-ring (bicyclic) bond motifs is 1. The highest BCUT2D eigenvalue weighted by molar-refractivity contribution is 6.02. The van der Waals surface area contributed by atoms with Gasteiger partial charge in [0.25, 0.3) is 0 Å². The Morgan fingerprint density at radius 2 is 2.08 bits per heavy atom. The van der Waals surface area contributed by atoms with E-state index in [1.807, 2.05) is 0 Å². The van der Waals surface area contributed by atoms with Crippen molar-refractivity contribution in [3.8, 4) is 0 Å². The van der Waals surface area contributed by atoms with Crippen LogP contribution in [0, 0.1) is 11.8 Å². The molecule has 1 aromatic carbocycles. The van der Waals surface area contributed by atoms with E-state index in [-0.39, 0.29) is 19.1 Å².